The second-order valence-electron chi connectivity index (χ2n) is 9.09. The molecule has 0 bridgehead atoms. The van der Waals surface area contributed by atoms with Gasteiger partial charge in [0.1, 0.15) is 47.1 Å². The van der Waals surface area contributed by atoms with Crippen molar-refractivity contribution in [1.29, 1.82) is 5.26 Å². The number of nitriles is 1. The smallest absolute Gasteiger partial charge is 0.349 e. The van der Waals surface area contributed by atoms with E-state index in [1.165, 1.54) is 36.4 Å². The molecule has 10 nitrogen and oxygen atoms in total. The van der Waals surface area contributed by atoms with Gasteiger partial charge in [-0.25, -0.2) is 9.18 Å². The summed E-state index contributed by atoms with van der Waals surface area (Å²) in [5, 5.41) is 20.7. The highest BCUT2D eigenvalue weighted by Gasteiger charge is 2.31. The van der Waals surface area contributed by atoms with E-state index in [4.69, 9.17) is 24.7 Å². The number of hydrogen-bond acceptors (Lipinski definition) is 9. The van der Waals surface area contributed by atoms with Gasteiger partial charge in [-0.3, -0.25) is 10.1 Å². The standard InChI is InChI=1S/C31H22FN3O7/c32-27-7-2-1-4-20(27)17-39-23-6-3-5-19(14-23)30-25-13-12-24(15-28(25)42-31(34)26(30)16-33)41-29(36)18-40-22-10-8-21(9-11-22)35(37)38/h1-15,30H,17-18,34H2. The van der Waals surface area contributed by atoms with Crippen molar-refractivity contribution in [3.05, 3.63) is 135 Å². The zero-order chi connectivity index (χ0) is 29.6. The number of non-ortho nitro benzene ring substituents is 1. The van der Waals surface area contributed by atoms with Crippen LogP contribution in [0.1, 0.15) is 22.6 Å². The number of ether oxygens (including phenoxy) is 4. The normalized spacial score (nSPS) is 13.8. The molecule has 1 unspecified atom stereocenters. The average Bonchev–Trinajstić information content (AvgIpc) is 2.99. The van der Waals surface area contributed by atoms with Crippen molar-refractivity contribution in [2.45, 2.75) is 12.5 Å². The van der Waals surface area contributed by atoms with Crippen LogP contribution in [0.4, 0.5) is 10.1 Å². The molecule has 0 saturated heterocycles. The van der Waals surface area contributed by atoms with Gasteiger partial charge in [0.25, 0.3) is 5.69 Å². The molecule has 1 heterocycles. The topological polar surface area (TPSA) is 147 Å². The number of esters is 1. The zero-order valence-electron chi connectivity index (χ0n) is 21.9. The van der Waals surface area contributed by atoms with Gasteiger partial charge in [-0.1, -0.05) is 36.4 Å². The van der Waals surface area contributed by atoms with Crippen LogP contribution >= 0.6 is 0 Å². The van der Waals surface area contributed by atoms with Gasteiger partial charge in [-0.2, -0.15) is 5.26 Å². The maximum Gasteiger partial charge on any atom is 0.349 e. The summed E-state index contributed by atoms with van der Waals surface area (Å²) in [7, 11) is 0. The lowest BCUT2D eigenvalue weighted by atomic mass is 9.83. The molecule has 42 heavy (non-hydrogen) atoms. The summed E-state index contributed by atoms with van der Waals surface area (Å²) in [6.07, 6.45) is 0. The molecule has 0 amide bonds. The van der Waals surface area contributed by atoms with Crippen molar-refractivity contribution in [1.82, 2.24) is 0 Å². The first-order valence-electron chi connectivity index (χ1n) is 12.6. The minimum absolute atomic E-state index is 0.0201. The maximum absolute atomic E-state index is 14.0. The molecule has 4 aromatic rings. The molecule has 0 spiro atoms. The largest absolute Gasteiger partial charge is 0.489 e. The van der Waals surface area contributed by atoms with Crippen LogP contribution in [0.3, 0.4) is 0 Å². The SMILES string of the molecule is N#CC1=C(N)Oc2cc(OC(=O)COc3ccc([N+](=O)[O-])cc3)ccc2C1c1cccc(OCc2ccccc2F)c1. The number of carbonyl (C=O) groups excluding carboxylic acids is 1. The highest BCUT2D eigenvalue weighted by atomic mass is 19.1. The minimum atomic E-state index is -0.721. The summed E-state index contributed by atoms with van der Waals surface area (Å²) in [5.74, 6) is -0.626. The quantitative estimate of drug-likeness (QED) is 0.120. The van der Waals surface area contributed by atoms with Crippen LogP contribution in [-0.4, -0.2) is 17.5 Å². The number of rotatable bonds is 9. The minimum Gasteiger partial charge on any atom is -0.489 e. The molecule has 11 heteroatoms. The van der Waals surface area contributed by atoms with Crippen LogP contribution in [0, 0.1) is 27.3 Å². The first kappa shape index (κ1) is 27.7. The van der Waals surface area contributed by atoms with Gasteiger partial charge in [0.05, 0.1) is 10.8 Å². The lowest BCUT2D eigenvalue weighted by molar-refractivity contribution is -0.384. The van der Waals surface area contributed by atoms with E-state index in [1.54, 1.807) is 48.5 Å². The molecule has 0 fully saturated rings. The number of nitro groups is 1. The number of carbonyl (C=O) groups is 1. The van der Waals surface area contributed by atoms with Gasteiger partial charge in [0, 0.05) is 29.3 Å². The van der Waals surface area contributed by atoms with Crippen LogP contribution < -0.4 is 24.7 Å². The molecule has 210 valence electrons. The van der Waals surface area contributed by atoms with Crippen LogP contribution in [0.5, 0.6) is 23.0 Å². The summed E-state index contributed by atoms with van der Waals surface area (Å²) in [5.41, 5.74) is 7.89. The summed E-state index contributed by atoms with van der Waals surface area (Å²) >= 11 is 0. The molecule has 4 aromatic carbocycles. The Balaban J connectivity index is 1.31. The van der Waals surface area contributed by atoms with Crippen molar-refractivity contribution in [3.8, 4) is 29.1 Å². The Morgan fingerprint density at radius 2 is 1.74 bits per heavy atom. The third-order valence-corrected chi connectivity index (χ3v) is 6.37. The van der Waals surface area contributed by atoms with Crippen molar-refractivity contribution >= 4 is 11.7 Å². The Morgan fingerprint density at radius 3 is 2.48 bits per heavy atom. The molecule has 0 saturated carbocycles. The summed E-state index contributed by atoms with van der Waals surface area (Å²) < 4.78 is 36.3. The number of nitro benzene ring substituents is 1. The first-order valence-corrected chi connectivity index (χ1v) is 12.6. The lowest BCUT2D eigenvalue weighted by Gasteiger charge is -2.27. The van der Waals surface area contributed by atoms with E-state index in [0.29, 0.717) is 22.4 Å². The van der Waals surface area contributed by atoms with E-state index in [1.807, 2.05) is 6.07 Å². The molecule has 0 aliphatic carbocycles. The molecule has 0 radical (unpaired) electrons. The number of allylic oxidation sites excluding steroid dienone is 1. The summed E-state index contributed by atoms with van der Waals surface area (Å²) in [6.45, 7) is -0.426. The maximum atomic E-state index is 14.0. The van der Waals surface area contributed by atoms with Crippen LogP contribution in [0.25, 0.3) is 0 Å². The Bertz CT molecular complexity index is 1730. The average molecular weight is 568 g/mol. The van der Waals surface area contributed by atoms with Gasteiger partial charge in [-0.05, 0) is 42.0 Å². The molecule has 5 rings (SSSR count). The molecular formula is C31H22FN3O7. The molecular weight excluding hydrogens is 545 g/mol. The number of nitrogens with two attached hydrogens (primary N) is 1. The Labute approximate surface area is 239 Å². The van der Waals surface area contributed by atoms with Crippen molar-refractivity contribution in [3.63, 3.8) is 0 Å². The third kappa shape index (κ3) is 6.13. The number of halogens is 1. The molecule has 1 atom stereocenters. The fraction of sp³-hybridized carbons (Fsp3) is 0.0968. The predicted octanol–water partition coefficient (Wildman–Crippen LogP) is 5.52. The second-order valence-corrected chi connectivity index (χ2v) is 9.09. The zero-order valence-corrected chi connectivity index (χ0v) is 21.9. The van der Waals surface area contributed by atoms with Gasteiger partial charge < -0.3 is 24.7 Å². The fourth-order valence-corrected chi connectivity index (χ4v) is 4.37. The van der Waals surface area contributed by atoms with E-state index in [0.717, 1.165) is 0 Å². The Morgan fingerprint density at radius 1 is 0.976 bits per heavy atom. The van der Waals surface area contributed by atoms with Gasteiger partial charge in [-0.15, -0.1) is 0 Å². The van der Waals surface area contributed by atoms with Crippen LogP contribution in [-0.2, 0) is 11.4 Å². The van der Waals surface area contributed by atoms with E-state index in [2.05, 4.69) is 6.07 Å². The highest BCUT2D eigenvalue weighted by Crippen LogP contribution is 2.44. The van der Waals surface area contributed by atoms with Crippen LogP contribution in [0.15, 0.2) is 102 Å². The van der Waals surface area contributed by atoms with E-state index < -0.39 is 23.4 Å². The summed E-state index contributed by atoms with van der Waals surface area (Å²) in [4.78, 5) is 22.6. The van der Waals surface area contributed by atoms with Gasteiger partial charge in [0.2, 0.25) is 5.88 Å². The third-order valence-electron chi connectivity index (χ3n) is 6.37. The van der Waals surface area contributed by atoms with Gasteiger partial charge >= 0.3 is 5.97 Å². The lowest BCUT2D eigenvalue weighted by Crippen LogP contribution is -2.21. The van der Waals surface area contributed by atoms with Crippen molar-refractivity contribution in [2.24, 2.45) is 5.73 Å². The highest BCUT2D eigenvalue weighted by molar-refractivity contribution is 5.74. The second kappa shape index (κ2) is 12.1. The fourth-order valence-electron chi connectivity index (χ4n) is 4.37. The van der Waals surface area contributed by atoms with E-state index in [9.17, 15) is 24.6 Å². The predicted molar refractivity (Wildman–Crippen MR) is 147 cm³/mol. The number of fused-ring (bicyclic) bond motifs is 1. The number of hydrogen-bond donors (Lipinski definition) is 1. The molecule has 1 aliphatic rings. The summed E-state index contributed by atoms with van der Waals surface area (Å²) in [6, 6.07) is 25.4. The first-order chi connectivity index (χ1) is 20.3. The van der Waals surface area contributed by atoms with Crippen LogP contribution in [0.2, 0.25) is 0 Å². The molecule has 0 aromatic heterocycles. The van der Waals surface area contributed by atoms with Crippen molar-refractivity contribution < 1.29 is 33.1 Å². The van der Waals surface area contributed by atoms with E-state index >= 15 is 0 Å². The number of nitrogens with zero attached hydrogens (tertiary/aromatic N) is 2. The van der Waals surface area contributed by atoms with Crippen molar-refractivity contribution in [2.75, 3.05) is 6.61 Å². The number of benzene rings is 4. The molecule has 1 aliphatic heterocycles. The monoisotopic (exact) mass is 567 g/mol. The Kier molecular flexibility index (Phi) is 7.97. The van der Waals surface area contributed by atoms with Gasteiger partial charge in [0.15, 0.2) is 6.61 Å². The molecule has 2 N–H and O–H groups in total. The van der Waals surface area contributed by atoms with E-state index in [-0.39, 0.29) is 46.8 Å². The Hall–Kier alpha value is -5.89.